The van der Waals surface area contributed by atoms with E-state index >= 15 is 0 Å². The number of anilines is 1. The fraction of sp³-hybridized carbons (Fsp3) is 0.231. The molecule has 6 heteroatoms. The number of nitrogens with one attached hydrogen (secondary N) is 1. The monoisotopic (exact) mass is 433 g/mol. The molecule has 6 nitrogen and oxygen atoms in total. The van der Waals surface area contributed by atoms with Gasteiger partial charge in [-0.25, -0.2) is 9.59 Å². The Balaban J connectivity index is 1.70. The SMILES string of the molecule is CC(C)(C)OC(=O)Nc1ccc([C@H](O)C(=O)OC(c2ccccc2)c2ccccc2)cc1. The van der Waals surface area contributed by atoms with Gasteiger partial charge in [0, 0.05) is 5.69 Å². The van der Waals surface area contributed by atoms with Crippen LogP contribution in [0.2, 0.25) is 0 Å². The maximum absolute atomic E-state index is 12.8. The van der Waals surface area contributed by atoms with Crippen LogP contribution in [0.3, 0.4) is 0 Å². The molecular weight excluding hydrogens is 406 g/mol. The Morgan fingerprint density at radius 2 is 1.28 bits per heavy atom. The lowest BCUT2D eigenvalue weighted by molar-refractivity contribution is -0.158. The highest BCUT2D eigenvalue weighted by Gasteiger charge is 2.25. The molecule has 0 spiro atoms. The lowest BCUT2D eigenvalue weighted by Gasteiger charge is -2.21. The Kier molecular flexibility index (Phi) is 7.28. The van der Waals surface area contributed by atoms with Crippen LogP contribution >= 0.6 is 0 Å². The van der Waals surface area contributed by atoms with Crippen molar-refractivity contribution in [3.8, 4) is 0 Å². The quantitative estimate of drug-likeness (QED) is 0.509. The summed E-state index contributed by atoms with van der Waals surface area (Å²) < 4.78 is 10.9. The average Bonchev–Trinajstić information content (AvgIpc) is 2.77. The van der Waals surface area contributed by atoms with Gasteiger partial charge in [0.1, 0.15) is 5.60 Å². The Labute approximate surface area is 187 Å². The smallest absolute Gasteiger partial charge is 0.412 e. The van der Waals surface area contributed by atoms with Gasteiger partial charge in [-0.1, -0.05) is 72.8 Å². The maximum atomic E-state index is 12.8. The van der Waals surface area contributed by atoms with Crippen molar-refractivity contribution in [3.05, 3.63) is 102 Å². The zero-order chi connectivity index (χ0) is 23.1. The van der Waals surface area contributed by atoms with E-state index in [0.29, 0.717) is 11.3 Å². The molecular formula is C26H27NO5. The second-order valence-corrected chi connectivity index (χ2v) is 8.29. The van der Waals surface area contributed by atoms with Gasteiger partial charge < -0.3 is 14.6 Å². The summed E-state index contributed by atoms with van der Waals surface area (Å²) in [5.41, 5.74) is 1.82. The highest BCUT2D eigenvalue weighted by atomic mass is 16.6. The number of hydrogen-bond acceptors (Lipinski definition) is 5. The van der Waals surface area contributed by atoms with Crippen LogP contribution in [0.15, 0.2) is 84.9 Å². The van der Waals surface area contributed by atoms with E-state index in [1.54, 1.807) is 45.0 Å². The van der Waals surface area contributed by atoms with Crippen LogP contribution < -0.4 is 5.32 Å². The molecule has 0 fully saturated rings. The molecule has 0 saturated heterocycles. The molecule has 0 unspecified atom stereocenters. The summed E-state index contributed by atoms with van der Waals surface area (Å²) in [4.78, 5) is 24.6. The molecule has 166 valence electrons. The standard InChI is InChI=1S/C26H27NO5/c1-26(2,3)32-25(30)27-21-16-14-18(15-17-21)22(28)24(29)31-23(19-10-6-4-7-11-19)20-12-8-5-9-13-20/h4-17,22-23,28H,1-3H3,(H,27,30)/t22-/m0/s1. The molecule has 1 atom stereocenters. The Bertz CT molecular complexity index is 988. The molecule has 2 N–H and O–H groups in total. The molecule has 0 bridgehead atoms. The molecule has 0 aliphatic rings. The van der Waals surface area contributed by atoms with Crippen molar-refractivity contribution >= 4 is 17.7 Å². The second-order valence-electron chi connectivity index (χ2n) is 8.29. The van der Waals surface area contributed by atoms with Crippen LogP contribution in [0, 0.1) is 0 Å². The highest BCUT2D eigenvalue weighted by Crippen LogP contribution is 2.28. The number of ether oxygens (including phenoxy) is 2. The number of aliphatic hydroxyl groups is 1. The van der Waals surface area contributed by atoms with Gasteiger partial charge in [0.15, 0.2) is 12.2 Å². The first-order valence-corrected chi connectivity index (χ1v) is 10.3. The van der Waals surface area contributed by atoms with Gasteiger partial charge in [-0.15, -0.1) is 0 Å². The molecule has 0 saturated carbocycles. The number of carbonyl (C=O) groups excluding carboxylic acids is 2. The van der Waals surface area contributed by atoms with Crippen LogP contribution in [-0.4, -0.2) is 22.8 Å². The van der Waals surface area contributed by atoms with Crippen LogP contribution in [0.4, 0.5) is 10.5 Å². The van der Waals surface area contributed by atoms with E-state index in [9.17, 15) is 14.7 Å². The first kappa shape index (κ1) is 23.0. The van der Waals surface area contributed by atoms with Crippen LogP contribution in [0.5, 0.6) is 0 Å². The molecule has 3 aromatic carbocycles. The summed E-state index contributed by atoms with van der Waals surface area (Å²) in [6.45, 7) is 5.32. The topological polar surface area (TPSA) is 84.9 Å². The Morgan fingerprint density at radius 1 is 0.781 bits per heavy atom. The molecule has 0 heterocycles. The zero-order valence-corrected chi connectivity index (χ0v) is 18.3. The second kappa shape index (κ2) is 10.1. The zero-order valence-electron chi connectivity index (χ0n) is 18.3. The van der Waals surface area contributed by atoms with Crippen molar-refractivity contribution in [1.82, 2.24) is 0 Å². The van der Waals surface area contributed by atoms with Crippen LogP contribution in [0.25, 0.3) is 0 Å². The maximum Gasteiger partial charge on any atom is 0.412 e. The van der Waals surface area contributed by atoms with Crippen molar-refractivity contribution in [2.45, 2.75) is 38.6 Å². The fourth-order valence-corrected chi connectivity index (χ4v) is 3.07. The van der Waals surface area contributed by atoms with Gasteiger partial charge in [-0.2, -0.15) is 0 Å². The van der Waals surface area contributed by atoms with E-state index in [1.165, 1.54) is 0 Å². The summed E-state index contributed by atoms with van der Waals surface area (Å²) in [5.74, 6) is -0.768. The number of amides is 1. The van der Waals surface area contributed by atoms with Crippen molar-refractivity contribution in [2.75, 3.05) is 5.32 Å². The van der Waals surface area contributed by atoms with Gasteiger partial charge in [0.05, 0.1) is 0 Å². The van der Waals surface area contributed by atoms with Crippen molar-refractivity contribution in [1.29, 1.82) is 0 Å². The van der Waals surface area contributed by atoms with E-state index in [1.807, 2.05) is 60.7 Å². The summed E-state index contributed by atoms with van der Waals surface area (Å²) in [6.07, 6.45) is -2.70. The van der Waals surface area contributed by atoms with Crippen LogP contribution in [-0.2, 0) is 14.3 Å². The molecule has 3 aromatic rings. The number of hydrogen-bond donors (Lipinski definition) is 2. The third-order valence-corrected chi connectivity index (χ3v) is 4.53. The summed E-state index contributed by atoms with van der Waals surface area (Å²) in [7, 11) is 0. The van der Waals surface area contributed by atoms with Gasteiger partial charge in [0.25, 0.3) is 0 Å². The number of carbonyl (C=O) groups is 2. The molecule has 0 radical (unpaired) electrons. The third-order valence-electron chi connectivity index (χ3n) is 4.53. The summed E-state index contributed by atoms with van der Waals surface area (Å²) in [6, 6.07) is 25.0. The Morgan fingerprint density at radius 3 is 1.75 bits per heavy atom. The molecule has 0 aliphatic carbocycles. The van der Waals surface area contributed by atoms with Gasteiger partial charge >= 0.3 is 12.1 Å². The van der Waals surface area contributed by atoms with Crippen molar-refractivity contribution < 1.29 is 24.2 Å². The molecule has 0 aliphatic heterocycles. The predicted molar refractivity (Wildman–Crippen MR) is 122 cm³/mol. The largest absolute Gasteiger partial charge is 0.450 e. The fourth-order valence-electron chi connectivity index (χ4n) is 3.07. The van der Waals surface area contributed by atoms with E-state index in [0.717, 1.165) is 11.1 Å². The summed E-state index contributed by atoms with van der Waals surface area (Å²) in [5, 5.41) is 13.2. The highest BCUT2D eigenvalue weighted by molar-refractivity contribution is 5.85. The molecule has 1 amide bonds. The van der Waals surface area contributed by atoms with Crippen molar-refractivity contribution in [2.24, 2.45) is 0 Å². The first-order valence-electron chi connectivity index (χ1n) is 10.3. The molecule has 0 aromatic heterocycles. The Hall–Kier alpha value is -3.64. The molecule has 3 rings (SSSR count). The van der Waals surface area contributed by atoms with E-state index in [4.69, 9.17) is 9.47 Å². The summed E-state index contributed by atoms with van der Waals surface area (Å²) >= 11 is 0. The van der Waals surface area contributed by atoms with Gasteiger partial charge in [-0.05, 0) is 49.6 Å². The van der Waals surface area contributed by atoms with Crippen molar-refractivity contribution in [3.63, 3.8) is 0 Å². The lowest BCUT2D eigenvalue weighted by Crippen LogP contribution is -2.27. The number of rotatable bonds is 6. The minimum Gasteiger partial charge on any atom is -0.450 e. The normalized spacial score (nSPS) is 12.2. The number of benzene rings is 3. The predicted octanol–water partition coefficient (Wildman–Crippen LogP) is 5.40. The third kappa shape index (κ3) is 6.43. The first-order chi connectivity index (χ1) is 15.2. The minimum atomic E-state index is -1.47. The lowest BCUT2D eigenvalue weighted by atomic mass is 10.0. The minimum absolute atomic E-state index is 0.351. The number of aliphatic hydroxyl groups excluding tert-OH is 1. The number of esters is 1. The van der Waals surface area contributed by atoms with Gasteiger partial charge in [-0.3, -0.25) is 5.32 Å². The van der Waals surface area contributed by atoms with Gasteiger partial charge in [0.2, 0.25) is 0 Å². The average molecular weight is 434 g/mol. The van der Waals surface area contributed by atoms with E-state index in [-0.39, 0.29) is 0 Å². The molecule has 32 heavy (non-hydrogen) atoms. The van der Waals surface area contributed by atoms with E-state index < -0.39 is 29.9 Å². The van der Waals surface area contributed by atoms with E-state index in [2.05, 4.69) is 5.32 Å². The van der Waals surface area contributed by atoms with Crippen LogP contribution in [0.1, 0.15) is 49.7 Å².